The van der Waals surface area contributed by atoms with Crippen LogP contribution in [0.3, 0.4) is 0 Å². The molecule has 6 heteroatoms. The molecule has 0 aliphatic heterocycles. The maximum Gasteiger partial charge on any atom is 0.294 e. The van der Waals surface area contributed by atoms with Crippen LogP contribution in [0.1, 0.15) is 17.6 Å². The van der Waals surface area contributed by atoms with E-state index in [0.717, 1.165) is 0 Å². The number of aromatic nitrogens is 2. The Balaban J connectivity index is 2.46. The van der Waals surface area contributed by atoms with Crippen LogP contribution in [0.25, 0.3) is 11.4 Å². The summed E-state index contributed by atoms with van der Waals surface area (Å²) in [4.78, 5) is 14.8. The van der Waals surface area contributed by atoms with Gasteiger partial charge in [0.2, 0.25) is 11.6 Å². The Morgan fingerprint density at radius 2 is 2.19 bits per heavy atom. The number of hydrogen-bond acceptors (Lipinski definition) is 4. The van der Waals surface area contributed by atoms with Gasteiger partial charge in [0.15, 0.2) is 0 Å². The van der Waals surface area contributed by atoms with E-state index < -0.39 is 5.82 Å². The average molecular weight is 285 g/mol. The highest BCUT2D eigenvalue weighted by molar-refractivity contribution is 9.10. The highest BCUT2D eigenvalue weighted by Gasteiger charge is 2.12. The fourth-order valence-electron chi connectivity index (χ4n) is 1.17. The van der Waals surface area contributed by atoms with Gasteiger partial charge < -0.3 is 4.52 Å². The molecule has 82 valence electrons. The van der Waals surface area contributed by atoms with Crippen molar-refractivity contribution in [3.63, 3.8) is 0 Å². The number of rotatable bonds is 2. The highest BCUT2D eigenvalue weighted by atomic mass is 79.9. The van der Waals surface area contributed by atoms with E-state index in [1.54, 1.807) is 6.07 Å². The molecule has 1 heterocycles. The van der Waals surface area contributed by atoms with E-state index in [4.69, 9.17) is 4.52 Å². The second kappa shape index (κ2) is 4.13. The van der Waals surface area contributed by atoms with Crippen LogP contribution < -0.4 is 0 Å². The van der Waals surface area contributed by atoms with Crippen LogP contribution in [-0.2, 0) is 0 Å². The van der Waals surface area contributed by atoms with Gasteiger partial charge in [-0.25, -0.2) is 4.39 Å². The summed E-state index contributed by atoms with van der Waals surface area (Å²) in [5.74, 6) is -0.645. The van der Waals surface area contributed by atoms with Gasteiger partial charge in [0, 0.05) is 17.0 Å². The van der Waals surface area contributed by atoms with Crippen LogP contribution in [0.4, 0.5) is 4.39 Å². The summed E-state index contributed by atoms with van der Waals surface area (Å²) in [7, 11) is 0. The zero-order chi connectivity index (χ0) is 11.7. The summed E-state index contributed by atoms with van der Waals surface area (Å²) < 4.78 is 18.4. The SMILES string of the molecule is CC(=O)c1nc(-c2cc(F)cc(Br)c2)no1. The molecule has 1 aromatic heterocycles. The number of Topliss-reactive ketones (excluding diaryl/α,β-unsaturated/α-hetero) is 1. The number of benzene rings is 1. The molecule has 0 radical (unpaired) electrons. The standard InChI is InChI=1S/C10H6BrFN2O2/c1-5(15)10-13-9(14-16-10)6-2-7(11)4-8(12)3-6/h2-4H,1H3. The summed E-state index contributed by atoms with van der Waals surface area (Å²) in [5, 5.41) is 3.60. The zero-order valence-corrected chi connectivity index (χ0v) is 9.78. The summed E-state index contributed by atoms with van der Waals surface area (Å²) in [6.07, 6.45) is 0. The Morgan fingerprint density at radius 1 is 1.44 bits per heavy atom. The molecule has 0 aliphatic carbocycles. The van der Waals surface area contributed by atoms with Crippen LogP contribution in [-0.4, -0.2) is 15.9 Å². The molecule has 0 bridgehead atoms. The Bertz CT molecular complexity index is 533. The first kappa shape index (κ1) is 10.9. The summed E-state index contributed by atoms with van der Waals surface area (Å²) >= 11 is 3.15. The second-order valence-electron chi connectivity index (χ2n) is 3.14. The molecule has 16 heavy (non-hydrogen) atoms. The van der Waals surface area contributed by atoms with Gasteiger partial charge in [0.1, 0.15) is 5.82 Å². The van der Waals surface area contributed by atoms with E-state index in [1.807, 2.05) is 0 Å². The van der Waals surface area contributed by atoms with Gasteiger partial charge in [-0.1, -0.05) is 21.1 Å². The van der Waals surface area contributed by atoms with Crippen molar-refractivity contribution in [3.05, 3.63) is 34.4 Å². The molecule has 0 fully saturated rings. The number of carbonyl (C=O) groups is 1. The Labute approximate surface area is 98.6 Å². The predicted octanol–water partition coefficient (Wildman–Crippen LogP) is 2.84. The lowest BCUT2D eigenvalue weighted by Gasteiger charge is -1.96. The van der Waals surface area contributed by atoms with Gasteiger partial charge in [0.05, 0.1) is 0 Å². The van der Waals surface area contributed by atoms with Crippen molar-refractivity contribution in [2.45, 2.75) is 6.92 Å². The average Bonchev–Trinajstić information content (AvgIpc) is 2.64. The highest BCUT2D eigenvalue weighted by Crippen LogP contribution is 2.22. The number of halogens is 2. The minimum atomic E-state index is -0.418. The van der Waals surface area contributed by atoms with Gasteiger partial charge in [0.25, 0.3) is 5.89 Å². The predicted molar refractivity (Wildman–Crippen MR) is 57.4 cm³/mol. The Morgan fingerprint density at radius 3 is 2.75 bits per heavy atom. The van der Waals surface area contributed by atoms with Gasteiger partial charge in [-0.05, 0) is 18.2 Å². The van der Waals surface area contributed by atoms with Crippen LogP contribution in [0, 0.1) is 5.82 Å². The first-order chi connectivity index (χ1) is 7.56. The quantitative estimate of drug-likeness (QED) is 0.796. The van der Waals surface area contributed by atoms with Crippen molar-refractivity contribution in [2.75, 3.05) is 0 Å². The normalized spacial score (nSPS) is 10.4. The summed E-state index contributed by atoms with van der Waals surface area (Å²) in [6.45, 7) is 1.32. The molecule has 1 aromatic carbocycles. The van der Waals surface area contributed by atoms with Gasteiger partial charge in [-0.3, -0.25) is 4.79 Å². The monoisotopic (exact) mass is 284 g/mol. The number of carbonyl (C=O) groups excluding carboxylic acids is 1. The Kier molecular flexibility index (Phi) is 2.82. The van der Waals surface area contributed by atoms with Crippen LogP contribution in [0.5, 0.6) is 0 Å². The van der Waals surface area contributed by atoms with Gasteiger partial charge in [-0.2, -0.15) is 4.98 Å². The maximum absolute atomic E-state index is 13.1. The molecule has 0 atom stereocenters. The molecule has 0 amide bonds. The molecule has 0 aliphatic rings. The van der Waals surface area contributed by atoms with E-state index in [0.29, 0.717) is 10.0 Å². The lowest BCUT2D eigenvalue weighted by molar-refractivity contribution is 0.0972. The fourth-order valence-corrected chi connectivity index (χ4v) is 1.63. The third-order valence-electron chi connectivity index (χ3n) is 1.85. The van der Waals surface area contributed by atoms with Gasteiger partial charge in [-0.15, -0.1) is 0 Å². The largest absolute Gasteiger partial charge is 0.330 e. The van der Waals surface area contributed by atoms with E-state index in [2.05, 4.69) is 26.1 Å². The van der Waals surface area contributed by atoms with E-state index in [1.165, 1.54) is 19.1 Å². The van der Waals surface area contributed by atoms with Crippen LogP contribution in [0.2, 0.25) is 0 Å². The molecule has 0 spiro atoms. The molecule has 0 saturated heterocycles. The zero-order valence-electron chi connectivity index (χ0n) is 8.20. The third-order valence-corrected chi connectivity index (χ3v) is 2.31. The number of ketones is 1. The van der Waals surface area contributed by atoms with Crippen LogP contribution >= 0.6 is 15.9 Å². The number of hydrogen-bond donors (Lipinski definition) is 0. The summed E-state index contributed by atoms with van der Waals surface area (Å²) in [6, 6.07) is 4.22. The van der Waals surface area contributed by atoms with Crippen molar-refractivity contribution in [2.24, 2.45) is 0 Å². The van der Waals surface area contributed by atoms with Crippen molar-refractivity contribution in [3.8, 4) is 11.4 Å². The molecular weight excluding hydrogens is 279 g/mol. The summed E-state index contributed by atoms with van der Waals surface area (Å²) in [5.41, 5.74) is 0.447. The molecule has 2 rings (SSSR count). The second-order valence-corrected chi connectivity index (χ2v) is 4.05. The molecule has 4 nitrogen and oxygen atoms in total. The molecular formula is C10H6BrFN2O2. The molecule has 0 unspecified atom stereocenters. The Hall–Kier alpha value is -1.56. The topological polar surface area (TPSA) is 56.0 Å². The van der Waals surface area contributed by atoms with E-state index in [-0.39, 0.29) is 17.5 Å². The first-order valence-electron chi connectivity index (χ1n) is 4.37. The van der Waals surface area contributed by atoms with E-state index in [9.17, 15) is 9.18 Å². The lowest BCUT2D eigenvalue weighted by atomic mass is 10.2. The number of nitrogens with zero attached hydrogens (tertiary/aromatic N) is 2. The van der Waals surface area contributed by atoms with E-state index >= 15 is 0 Å². The van der Waals surface area contributed by atoms with Crippen LogP contribution in [0.15, 0.2) is 27.2 Å². The molecule has 0 N–H and O–H groups in total. The van der Waals surface area contributed by atoms with Crippen molar-refractivity contribution in [1.82, 2.24) is 10.1 Å². The third kappa shape index (κ3) is 2.16. The minimum Gasteiger partial charge on any atom is -0.330 e. The molecule has 0 saturated carbocycles. The lowest BCUT2D eigenvalue weighted by Crippen LogP contribution is -1.91. The minimum absolute atomic E-state index is 0.0876. The van der Waals surface area contributed by atoms with Crippen molar-refractivity contribution >= 4 is 21.7 Å². The van der Waals surface area contributed by atoms with Gasteiger partial charge >= 0.3 is 0 Å². The fraction of sp³-hybridized carbons (Fsp3) is 0.100. The maximum atomic E-state index is 13.1. The van der Waals surface area contributed by atoms with Crippen molar-refractivity contribution in [1.29, 1.82) is 0 Å². The molecule has 2 aromatic rings. The smallest absolute Gasteiger partial charge is 0.294 e. The van der Waals surface area contributed by atoms with Crippen molar-refractivity contribution < 1.29 is 13.7 Å². The first-order valence-corrected chi connectivity index (χ1v) is 5.16.